The molecule has 1 aliphatic rings. The molecule has 1 heterocycles. The maximum atomic E-state index is 10.2. The van der Waals surface area contributed by atoms with E-state index < -0.39 is 17.6 Å². The SMILES string of the molecule is CCCc1ccc(Cc2ccc(CO[C@H]3SC(CO)CC(O)[C@H]3O)c(C)c2)cc1. The number of hydrogen-bond donors (Lipinski definition) is 3. The lowest BCUT2D eigenvalue weighted by molar-refractivity contribution is -0.0676. The highest BCUT2D eigenvalue weighted by molar-refractivity contribution is 8.00. The maximum absolute atomic E-state index is 10.2. The van der Waals surface area contributed by atoms with Gasteiger partial charge in [0.05, 0.1) is 19.3 Å². The van der Waals surface area contributed by atoms with E-state index in [1.165, 1.54) is 28.5 Å². The number of benzene rings is 2. The van der Waals surface area contributed by atoms with E-state index in [9.17, 15) is 15.3 Å². The lowest BCUT2D eigenvalue weighted by atomic mass is 9.99. The van der Waals surface area contributed by atoms with Gasteiger partial charge in [0.25, 0.3) is 0 Å². The topological polar surface area (TPSA) is 69.9 Å². The first kappa shape index (κ1) is 22.3. The van der Waals surface area contributed by atoms with Crippen LogP contribution in [0, 0.1) is 6.92 Å². The van der Waals surface area contributed by atoms with E-state index in [-0.39, 0.29) is 11.9 Å². The van der Waals surface area contributed by atoms with E-state index in [2.05, 4.69) is 56.3 Å². The Morgan fingerprint density at radius 1 is 1.03 bits per heavy atom. The highest BCUT2D eigenvalue weighted by Gasteiger charge is 2.36. The molecule has 0 radical (unpaired) electrons. The van der Waals surface area contributed by atoms with Crippen LogP contribution in [0.5, 0.6) is 0 Å². The van der Waals surface area contributed by atoms with E-state index in [4.69, 9.17) is 4.74 Å². The molecule has 1 aliphatic heterocycles. The normalized spacial score (nSPS) is 24.6. The highest BCUT2D eigenvalue weighted by atomic mass is 32.2. The van der Waals surface area contributed by atoms with Crippen LogP contribution >= 0.6 is 11.8 Å². The molecule has 0 bridgehead atoms. The Morgan fingerprint density at radius 3 is 2.38 bits per heavy atom. The molecule has 2 aromatic carbocycles. The number of aryl methyl sites for hydroxylation is 2. The Bertz CT molecular complexity index is 777. The number of aliphatic hydroxyl groups is 3. The average molecular weight is 417 g/mol. The van der Waals surface area contributed by atoms with E-state index in [0.29, 0.717) is 13.0 Å². The number of hydrogen-bond acceptors (Lipinski definition) is 5. The highest BCUT2D eigenvalue weighted by Crippen LogP contribution is 2.33. The molecular weight excluding hydrogens is 384 g/mol. The Labute approximate surface area is 177 Å². The molecule has 0 aromatic heterocycles. The number of ether oxygens (including phenoxy) is 1. The van der Waals surface area contributed by atoms with Crippen molar-refractivity contribution in [2.45, 2.75) is 69.0 Å². The van der Waals surface area contributed by atoms with Crippen LogP contribution in [-0.2, 0) is 24.2 Å². The summed E-state index contributed by atoms with van der Waals surface area (Å²) in [6, 6.07) is 15.2. The molecule has 0 amide bonds. The minimum Gasteiger partial charge on any atom is -0.395 e. The Hall–Kier alpha value is -1.37. The van der Waals surface area contributed by atoms with Crippen LogP contribution in [0.1, 0.15) is 47.6 Å². The molecule has 1 fully saturated rings. The van der Waals surface area contributed by atoms with E-state index in [1.807, 2.05) is 0 Å². The summed E-state index contributed by atoms with van der Waals surface area (Å²) >= 11 is 1.40. The van der Waals surface area contributed by atoms with Crippen LogP contribution in [0.2, 0.25) is 0 Å². The average Bonchev–Trinajstić information content (AvgIpc) is 2.71. The second kappa shape index (κ2) is 10.6. The number of aliphatic hydroxyl groups excluding tert-OH is 3. The van der Waals surface area contributed by atoms with Crippen molar-refractivity contribution in [1.82, 2.24) is 0 Å². The van der Waals surface area contributed by atoms with E-state index in [1.54, 1.807) is 0 Å². The Morgan fingerprint density at radius 2 is 1.72 bits per heavy atom. The lowest BCUT2D eigenvalue weighted by Crippen LogP contribution is -2.45. The second-order valence-electron chi connectivity index (χ2n) is 7.92. The molecule has 2 aromatic rings. The first-order valence-electron chi connectivity index (χ1n) is 10.4. The number of rotatable bonds is 8. The van der Waals surface area contributed by atoms with Crippen LogP contribution in [0.4, 0.5) is 0 Å². The van der Waals surface area contributed by atoms with Crippen molar-refractivity contribution in [3.63, 3.8) is 0 Å². The fourth-order valence-corrected chi connectivity index (χ4v) is 4.98. The van der Waals surface area contributed by atoms with Gasteiger partial charge in [-0.05, 0) is 54.0 Å². The molecule has 29 heavy (non-hydrogen) atoms. The van der Waals surface area contributed by atoms with Crippen molar-refractivity contribution in [3.05, 3.63) is 70.3 Å². The molecule has 3 N–H and O–H groups in total. The summed E-state index contributed by atoms with van der Waals surface area (Å²) in [5, 5.41) is 29.4. The van der Waals surface area contributed by atoms with Gasteiger partial charge in [-0.1, -0.05) is 55.8 Å². The fourth-order valence-electron chi connectivity index (χ4n) is 3.72. The van der Waals surface area contributed by atoms with Crippen LogP contribution in [0.15, 0.2) is 42.5 Å². The molecule has 4 nitrogen and oxygen atoms in total. The predicted molar refractivity (Wildman–Crippen MR) is 118 cm³/mol. The summed E-state index contributed by atoms with van der Waals surface area (Å²) in [6.45, 7) is 4.62. The third-order valence-corrected chi connectivity index (χ3v) is 6.90. The first-order chi connectivity index (χ1) is 14.0. The van der Waals surface area contributed by atoms with Gasteiger partial charge in [0, 0.05) is 5.25 Å². The third-order valence-electron chi connectivity index (χ3n) is 5.49. The molecule has 0 aliphatic carbocycles. The van der Waals surface area contributed by atoms with Crippen molar-refractivity contribution >= 4 is 11.8 Å². The first-order valence-corrected chi connectivity index (χ1v) is 11.3. The fraction of sp³-hybridized carbons (Fsp3) is 0.500. The molecule has 0 spiro atoms. The van der Waals surface area contributed by atoms with Crippen molar-refractivity contribution in [2.24, 2.45) is 0 Å². The van der Waals surface area contributed by atoms with E-state index in [0.717, 1.165) is 30.4 Å². The van der Waals surface area contributed by atoms with Crippen LogP contribution < -0.4 is 0 Å². The molecular formula is C24H32O4S. The summed E-state index contributed by atoms with van der Waals surface area (Å²) in [5.41, 5.74) is 5.64. The molecule has 0 saturated carbocycles. The molecule has 5 heteroatoms. The summed E-state index contributed by atoms with van der Waals surface area (Å²) in [5.74, 6) is 0. The van der Waals surface area contributed by atoms with Gasteiger partial charge in [-0.2, -0.15) is 0 Å². The number of thioether (sulfide) groups is 1. The molecule has 1 saturated heterocycles. The Balaban J connectivity index is 1.59. The van der Waals surface area contributed by atoms with Crippen molar-refractivity contribution in [2.75, 3.05) is 6.61 Å². The van der Waals surface area contributed by atoms with Crippen molar-refractivity contribution < 1.29 is 20.1 Å². The monoisotopic (exact) mass is 416 g/mol. The maximum Gasteiger partial charge on any atom is 0.132 e. The summed E-state index contributed by atoms with van der Waals surface area (Å²) in [7, 11) is 0. The zero-order valence-electron chi connectivity index (χ0n) is 17.3. The minimum atomic E-state index is -0.932. The van der Waals surface area contributed by atoms with Gasteiger partial charge >= 0.3 is 0 Å². The van der Waals surface area contributed by atoms with Crippen molar-refractivity contribution in [1.29, 1.82) is 0 Å². The van der Waals surface area contributed by atoms with Crippen LogP contribution in [0.25, 0.3) is 0 Å². The standard InChI is InChI=1S/C24H32O4S/c1-3-4-17-5-7-18(8-6-17)12-19-9-10-20(16(2)11-19)15-28-24-23(27)22(26)13-21(14-25)29-24/h5-11,21-27H,3-4,12-15H2,1-2H3/t21?,22?,23-,24+/m1/s1. The lowest BCUT2D eigenvalue weighted by Gasteiger charge is -2.35. The van der Waals surface area contributed by atoms with Gasteiger partial charge in [-0.3, -0.25) is 0 Å². The van der Waals surface area contributed by atoms with Gasteiger partial charge in [0.15, 0.2) is 0 Å². The van der Waals surface area contributed by atoms with Crippen LogP contribution in [-0.4, -0.2) is 44.8 Å². The van der Waals surface area contributed by atoms with Crippen LogP contribution in [0.3, 0.4) is 0 Å². The predicted octanol–water partition coefficient (Wildman–Crippen LogP) is 3.60. The van der Waals surface area contributed by atoms with Gasteiger partial charge in [-0.25, -0.2) is 0 Å². The molecule has 158 valence electrons. The quantitative estimate of drug-likeness (QED) is 0.613. The zero-order valence-corrected chi connectivity index (χ0v) is 18.1. The molecule has 3 rings (SSSR count). The Kier molecular flexibility index (Phi) is 8.16. The second-order valence-corrected chi connectivity index (χ2v) is 9.32. The summed E-state index contributed by atoms with van der Waals surface area (Å²) < 4.78 is 5.90. The molecule has 2 unspecified atom stereocenters. The van der Waals surface area contributed by atoms with Gasteiger partial charge in [0.2, 0.25) is 0 Å². The van der Waals surface area contributed by atoms with E-state index >= 15 is 0 Å². The van der Waals surface area contributed by atoms with Gasteiger partial charge in [-0.15, -0.1) is 11.8 Å². The van der Waals surface area contributed by atoms with Crippen molar-refractivity contribution in [3.8, 4) is 0 Å². The summed E-state index contributed by atoms with van der Waals surface area (Å²) in [4.78, 5) is 0. The largest absolute Gasteiger partial charge is 0.395 e. The van der Waals surface area contributed by atoms with Gasteiger partial charge < -0.3 is 20.1 Å². The smallest absolute Gasteiger partial charge is 0.132 e. The third kappa shape index (κ3) is 6.06. The molecule has 4 atom stereocenters. The minimum absolute atomic E-state index is 0.0263. The zero-order chi connectivity index (χ0) is 20.8. The van der Waals surface area contributed by atoms with Gasteiger partial charge in [0.1, 0.15) is 11.5 Å². The summed E-state index contributed by atoms with van der Waals surface area (Å²) in [6.07, 6.45) is 1.78.